The molecular weight excluding hydrogens is 336 g/mol. The Balaban J connectivity index is 1.38. The lowest BCUT2D eigenvalue weighted by atomic mass is 10.1. The highest BCUT2D eigenvalue weighted by atomic mass is 32.1. The molecule has 25 heavy (non-hydrogen) atoms. The van der Waals surface area contributed by atoms with Crippen molar-refractivity contribution >= 4 is 34.5 Å². The maximum Gasteiger partial charge on any atom is 0.227 e. The Hall–Kier alpha value is -2.18. The summed E-state index contributed by atoms with van der Waals surface area (Å²) in [5.74, 6) is 0.106. The van der Waals surface area contributed by atoms with Crippen LogP contribution in [0.1, 0.15) is 35.8 Å². The standard InChI is InChI=1S/C19H20N2O3S/c22-17(12-16-19-13(7-10-24-16)8-11-25-19)20-14-3-5-15(6-4-14)21-9-1-2-18(21)23/h3-6,8,11,16H,1-2,7,9-10,12H2,(H,20,22). The molecule has 1 N–H and O–H groups in total. The van der Waals surface area contributed by atoms with Crippen LogP contribution in [0.2, 0.25) is 0 Å². The Morgan fingerprint density at radius 1 is 1.24 bits per heavy atom. The van der Waals surface area contributed by atoms with Gasteiger partial charge in [0.1, 0.15) is 6.10 Å². The molecule has 1 saturated heterocycles. The molecule has 1 atom stereocenters. The Labute approximate surface area is 150 Å². The van der Waals surface area contributed by atoms with Gasteiger partial charge in [-0.05, 0) is 54.1 Å². The number of carbonyl (C=O) groups is 2. The Morgan fingerprint density at radius 2 is 2.08 bits per heavy atom. The highest BCUT2D eigenvalue weighted by molar-refractivity contribution is 7.10. The second-order valence-corrected chi connectivity index (χ2v) is 7.32. The number of anilines is 2. The maximum atomic E-state index is 12.4. The zero-order valence-electron chi connectivity index (χ0n) is 13.9. The molecule has 2 amide bonds. The van der Waals surface area contributed by atoms with Crippen molar-refractivity contribution in [2.75, 3.05) is 23.4 Å². The monoisotopic (exact) mass is 356 g/mol. The smallest absolute Gasteiger partial charge is 0.227 e. The number of nitrogens with zero attached hydrogens (tertiary/aromatic N) is 1. The fourth-order valence-electron chi connectivity index (χ4n) is 3.40. The minimum Gasteiger partial charge on any atom is -0.372 e. The molecule has 0 aliphatic carbocycles. The van der Waals surface area contributed by atoms with Crippen molar-refractivity contribution in [3.63, 3.8) is 0 Å². The normalized spacial score (nSPS) is 19.8. The summed E-state index contributed by atoms with van der Waals surface area (Å²) in [7, 11) is 0. The van der Waals surface area contributed by atoms with Crippen LogP contribution < -0.4 is 10.2 Å². The number of hydrogen-bond donors (Lipinski definition) is 1. The largest absolute Gasteiger partial charge is 0.372 e. The third-order valence-corrected chi connectivity index (χ3v) is 5.72. The van der Waals surface area contributed by atoms with Crippen molar-refractivity contribution in [3.05, 3.63) is 46.2 Å². The second-order valence-electron chi connectivity index (χ2n) is 6.37. The third kappa shape index (κ3) is 3.45. The van der Waals surface area contributed by atoms with E-state index in [1.165, 1.54) is 10.4 Å². The highest BCUT2D eigenvalue weighted by Gasteiger charge is 2.25. The van der Waals surface area contributed by atoms with Gasteiger partial charge in [0.2, 0.25) is 11.8 Å². The molecule has 3 heterocycles. The van der Waals surface area contributed by atoms with Crippen LogP contribution in [0.4, 0.5) is 11.4 Å². The maximum absolute atomic E-state index is 12.4. The number of amides is 2. The van der Waals surface area contributed by atoms with Gasteiger partial charge >= 0.3 is 0 Å². The molecule has 0 bridgehead atoms. The number of carbonyl (C=O) groups excluding carboxylic acids is 2. The number of nitrogens with one attached hydrogen (secondary N) is 1. The van der Waals surface area contributed by atoms with Gasteiger partial charge in [0, 0.05) is 29.2 Å². The predicted molar refractivity (Wildman–Crippen MR) is 98.0 cm³/mol. The number of fused-ring (bicyclic) bond motifs is 1. The van der Waals surface area contributed by atoms with E-state index in [0.29, 0.717) is 19.4 Å². The first-order valence-electron chi connectivity index (χ1n) is 8.59. The van der Waals surface area contributed by atoms with Gasteiger partial charge in [-0.2, -0.15) is 0 Å². The van der Waals surface area contributed by atoms with Crippen molar-refractivity contribution in [3.8, 4) is 0 Å². The molecule has 0 radical (unpaired) electrons. The number of rotatable bonds is 4. The summed E-state index contributed by atoms with van der Waals surface area (Å²) in [4.78, 5) is 27.1. The molecule has 1 aromatic heterocycles. The van der Waals surface area contributed by atoms with Gasteiger partial charge in [0.15, 0.2) is 0 Å². The Bertz CT molecular complexity index is 784. The zero-order chi connectivity index (χ0) is 17.2. The lowest BCUT2D eigenvalue weighted by Crippen LogP contribution is -2.23. The van der Waals surface area contributed by atoms with Crippen LogP contribution >= 0.6 is 11.3 Å². The van der Waals surface area contributed by atoms with E-state index < -0.39 is 0 Å². The number of hydrogen-bond acceptors (Lipinski definition) is 4. The first kappa shape index (κ1) is 16.3. The van der Waals surface area contributed by atoms with Gasteiger partial charge in [-0.25, -0.2) is 0 Å². The molecular formula is C19H20N2O3S. The van der Waals surface area contributed by atoms with Crippen LogP contribution in [0.15, 0.2) is 35.7 Å². The first-order valence-corrected chi connectivity index (χ1v) is 9.47. The van der Waals surface area contributed by atoms with Crippen molar-refractivity contribution in [1.29, 1.82) is 0 Å². The highest BCUT2D eigenvalue weighted by Crippen LogP contribution is 2.34. The average Bonchev–Trinajstić information content (AvgIpc) is 3.25. The topological polar surface area (TPSA) is 58.6 Å². The van der Waals surface area contributed by atoms with Gasteiger partial charge in [0.05, 0.1) is 13.0 Å². The van der Waals surface area contributed by atoms with E-state index in [2.05, 4.69) is 16.8 Å². The van der Waals surface area contributed by atoms with Gasteiger partial charge in [-0.15, -0.1) is 11.3 Å². The van der Waals surface area contributed by atoms with E-state index >= 15 is 0 Å². The SMILES string of the molecule is O=C(CC1OCCc2ccsc21)Nc1ccc(N2CCCC2=O)cc1. The summed E-state index contributed by atoms with van der Waals surface area (Å²) < 4.78 is 5.77. The summed E-state index contributed by atoms with van der Waals surface area (Å²) in [6.45, 7) is 1.44. The number of thiophene rings is 1. The van der Waals surface area contributed by atoms with Gasteiger partial charge < -0.3 is 15.0 Å². The van der Waals surface area contributed by atoms with Gasteiger partial charge in [0.25, 0.3) is 0 Å². The molecule has 0 saturated carbocycles. The van der Waals surface area contributed by atoms with E-state index in [4.69, 9.17) is 4.74 Å². The van der Waals surface area contributed by atoms with Crippen molar-refractivity contribution < 1.29 is 14.3 Å². The molecule has 1 unspecified atom stereocenters. The van der Waals surface area contributed by atoms with Crippen LogP contribution in [0.25, 0.3) is 0 Å². The molecule has 130 valence electrons. The minimum atomic E-state index is -0.148. The Morgan fingerprint density at radius 3 is 2.84 bits per heavy atom. The fourth-order valence-corrected chi connectivity index (χ4v) is 4.40. The van der Waals surface area contributed by atoms with E-state index in [1.54, 1.807) is 16.2 Å². The van der Waals surface area contributed by atoms with Crippen LogP contribution in [0, 0.1) is 0 Å². The molecule has 2 aromatic rings. The fraction of sp³-hybridized carbons (Fsp3) is 0.368. The number of ether oxygens (including phenoxy) is 1. The summed E-state index contributed by atoms with van der Waals surface area (Å²) in [6, 6.07) is 9.57. The van der Waals surface area contributed by atoms with E-state index in [9.17, 15) is 9.59 Å². The average molecular weight is 356 g/mol. The first-order chi connectivity index (χ1) is 12.2. The van der Waals surface area contributed by atoms with Crippen LogP contribution in [0.5, 0.6) is 0 Å². The van der Waals surface area contributed by atoms with Crippen LogP contribution in [-0.4, -0.2) is 25.0 Å². The molecule has 0 spiro atoms. The summed E-state index contributed by atoms with van der Waals surface area (Å²) in [6.07, 6.45) is 2.62. The lowest BCUT2D eigenvalue weighted by Gasteiger charge is -2.22. The van der Waals surface area contributed by atoms with Crippen molar-refractivity contribution in [1.82, 2.24) is 0 Å². The summed E-state index contributed by atoms with van der Waals surface area (Å²) in [5, 5.41) is 4.98. The van der Waals surface area contributed by atoms with Crippen molar-refractivity contribution in [2.24, 2.45) is 0 Å². The lowest BCUT2D eigenvalue weighted by molar-refractivity contribution is -0.119. The van der Waals surface area contributed by atoms with E-state index in [0.717, 1.165) is 30.8 Å². The van der Waals surface area contributed by atoms with Gasteiger partial charge in [-0.3, -0.25) is 9.59 Å². The quantitative estimate of drug-likeness (QED) is 0.912. The van der Waals surface area contributed by atoms with Crippen LogP contribution in [0.3, 0.4) is 0 Å². The summed E-state index contributed by atoms with van der Waals surface area (Å²) in [5.41, 5.74) is 2.93. The van der Waals surface area contributed by atoms with Crippen molar-refractivity contribution in [2.45, 2.75) is 31.8 Å². The Kier molecular flexibility index (Phi) is 4.55. The number of benzene rings is 1. The van der Waals surface area contributed by atoms with Gasteiger partial charge in [-0.1, -0.05) is 0 Å². The zero-order valence-corrected chi connectivity index (χ0v) is 14.7. The molecule has 2 aliphatic heterocycles. The predicted octanol–water partition coefficient (Wildman–Crippen LogP) is 3.52. The molecule has 4 rings (SSSR count). The molecule has 5 nitrogen and oxygen atoms in total. The molecule has 2 aliphatic rings. The molecule has 6 heteroatoms. The summed E-state index contributed by atoms with van der Waals surface area (Å²) >= 11 is 1.66. The van der Waals surface area contributed by atoms with Crippen LogP contribution in [-0.2, 0) is 20.7 Å². The molecule has 1 fully saturated rings. The molecule has 1 aromatic carbocycles. The van der Waals surface area contributed by atoms with E-state index in [-0.39, 0.29) is 17.9 Å². The van der Waals surface area contributed by atoms with E-state index in [1.807, 2.05) is 24.3 Å². The minimum absolute atomic E-state index is 0.0590. The third-order valence-electron chi connectivity index (χ3n) is 4.67. The second kappa shape index (κ2) is 6.98.